The first-order valence-electron chi connectivity index (χ1n) is 15.2. The molecule has 40 heavy (non-hydrogen) atoms. The molecule has 5 rings (SSSR count). The Bertz CT molecular complexity index is 1270. The molecule has 0 unspecified atom stereocenters. The quantitative estimate of drug-likeness (QED) is 0.311. The summed E-state index contributed by atoms with van der Waals surface area (Å²) in [5, 5.41) is 4.54. The summed E-state index contributed by atoms with van der Waals surface area (Å²) >= 11 is 0. The lowest BCUT2D eigenvalue weighted by Gasteiger charge is -2.35. The molecule has 1 aliphatic heterocycles. The van der Waals surface area contributed by atoms with Gasteiger partial charge in [0, 0.05) is 68.7 Å². The van der Waals surface area contributed by atoms with Crippen LogP contribution in [0.25, 0.3) is 22.2 Å². The Labute approximate surface area is 239 Å². The molecule has 2 fully saturated rings. The number of hydrogen-bond acceptors (Lipinski definition) is 6. The number of carbonyl (C=O) groups excluding carboxylic acids is 1. The summed E-state index contributed by atoms with van der Waals surface area (Å²) in [5.74, 6) is 0.727. The van der Waals surface area contributed by atoms with Crippen molar-refractivity contribution in [1.29, 1.82) is 0 Å². The zero-order valence-electron chi connectivity index (χ0n) is 24.8. The van der Waals surface area contributed by atoms with Crippen LogP contribution in [0.4, 0.5) is 10.7 Å². The van der Waals surface area contributed by atoms with Gasteiger partial charge in [0.1, 0.15) is 11.2 Å². The van der Waals surface area contributed by atoms with E-state index in [0.717, 1.165) is 56.0 Å². The second-order valence-electron chi connectivity index (χ2n) is 12.4. The highest BCUT2D eigenvalue weighted by molar-refractivity contribution is 5.94. The molecule has 1 saturated carbocycles. The molecule has 0 atom stereocenters. The number of amides is 1. The van der Waals surface area contributed by atoms with Gasteiger partial charge in [0.15, 0.2) is 0 Å². The Morgan fingerprint density at radius 2 is 1.77 bits per heavy atom. The Morgan fingerprint density at radius 3 is 2.45 bits per heavy atom. The number of benzene rings is 1. The van der Waals surface area contributed by atoms with E-state index in [0.29, 0.717) is 19.1 Å². The van der Waals surface area contributed by atoms with Crippen LogP contribution in [-0.2, 0) is 11.3 Å². The number of carbonyl (C=O) groups is 1. The number of nitrogens with zero attached hydrogens (tertiary/aromatic N) is 5. The molecule has 216 valence electrons. The minimum atomic E-state index is -0.460. The van der Waals surface area contributed by atoms with Gasteiger partial charge in [0.05, 0.1) is 0 Å². The fourth-order valence-electron chi connectivity index (χ4n) is 5.82. The normalized spacial score (nSPS) is 17.4. The van der Waals surface area contributed by atoms with E-state index >= 15 is 0 Å². The molecule has 3 heterocycles. The number of piperazine rings is 1. The number of unbranched alkanes of at least 4 members (excludes halogenated alkanes) is 1. The predicted molar refractivity (Wildman–Crippen MR) is 162 cm³/mol. The standard InChI is InChI=1S/C32H46N6O2/c1-5-6-16-33-30-34-21-27-28(23-38(29(27)35-30)26-10-8-7-9-11-26)25-14-12-24(13-15-25)22-36-17-19-37(20-18-36)31(39)40-32(2,3)4/h12-15,21,23,26H,5-11,16-20,22H2,1-4H3,(H,33,34,35). The maximum Gasteiger partial charge on any atom is 0.410 e. The second-order valence-corrected chi connectivity index (χ2v) is 12.4. The maximum absolute atomic E-state index is 12.4. The third-order valence-corrected chi connectivity index (χ3v) is 8.05. The largest absolute Gasteiger partial charge is 0.444 e. The summed E-state index contributed by atoms with van der Waals surface area (Å²) in [5.41, 5.74) is 4.28. The van der Waals surface area contributed by atoms with E-state index in [9.17, 15) is 4.79 Å². The molecule has 0 spiro atoms. The van der Waals surface area contributed by atoms with Crippen molar-refractivity contribution < 1.29 is 9.53 Å². The van der Waals surface area contributed by atoms with Crippen molar-refractivity contribution in [2.24, 2.45) is 0 Å². The van der Waals surface area contributed by atoms with Crippen LogP contribution in [-0.4, -0.2) is 68.8 Å². The van der Waals surface area contributed by atoms with E-state index in [2.05, 4.69) is 57.2 Å². The average molecular weight is 547 g/mol. The Kier molecular flexibility index (Phi) is 8.94. The molecule has 1 aromatic carbocycles. The van der Waals surface area contributed by atoms with Crippen molar-refractivity contribution in [1.82, 2.24) is 24.3 Å². The van der Waals surface area contributed by atoms with E-state index in [-0.39, 0.29) is 6.09 Å². The summed E-state index contributed by atoms with van der Waals surface area (Å²) < 4.78 is 7.96. The predicted octanol–water partition coefficient (Wildman–Crippen LogP) is 6.87. The lowest BCUT2D eigenvalue weighted by Crippen LogP contribution is -2.49. The molecule has 0 bridgehead atoms. The second kappa shape index (κ2) is 12.6. The monoisotopic (exact) mass is 546 g/mol. The van der Waals surface area contributed by atoms with E-state index in [1.165, 1.54) is 48.8 Å². The molecule has 8 heteroatoms. The van der Waals surface area contributed by atoms with Crippen molar-refractivity contribution in [2.75, 3.05) is 38.0 Å². The van der Waals surface area contributed by atoms with Gasteiger partial charge in [-0.1, -0.05) is 56.9 Å². The molecule has 1 amide bonds. The fourth-order valence-corrected chi connectivity index (χ4v) is 5.82. The zero-order chi connectivity index (χ0) is 28.1. The highest BCUT2D eigenvalue weighted by Crippen LogP contribution is 2.36. The summed E-state index contributed by atoms with van der Waals surface area (Å²) in [7, 11) is 0. The van der Waals surface area contributed by atoms with Gasteiger partial charge >= 0.3 is 6.09 Å². The molecule has 3 aromatic rings. The molecule has 1 N–H and O–H groups in total. The van der Waals surface area contributed by atoms with Crippen molar-refractivity contribution >= 4 is 23.1 Å². The third-order valence-electron chi connectivity index (χ3n) is 8.05. The van der Waals surface area contributed by atoms with Crippen LogP contribution in [0.5, 0.6) is 0 Å². The lowest BCUT2D eigenvalue weighted by atomic mass is 9.95. The van der Waals surface area contributed by atoms with Crippen LogP contribution in [0.1, 0.15) is 84.2 Å². The minimum absolute atomic E-state index is 0.211. The Balaban J connectivity index is 1.29. The van der Waals surface area contributed by atoms with Gasteiger partial charge < -0.3 is 19.5 Å². The molecule has 2 aliphatic rings. The first-order valence-corrected chi connectivity index (χ1v) is 15.2. The van der Waals surface area contributed by atoms with Gasteiger partial charge in [-0.15, -0.1) is 0 Å². The van der Waals surface area contributed by atoms with Crippen molar-refractivity contribution in [3.05, 3.63) is 42.2 Å². The van der Waals surface area contributed by atoms with Crippen molar-refractivity contribution in [3.8, 4) is 11.1 Å². The van der Waals surface area contributed by atoms with Crippen LogP contribution in [0.2, 0.25) is 0 Å². The van der Waals surface area contributed by atoms with E-state index in [4.69, 9.17) is 9.72 Å². The smallest absolute Gasteiger partial charge is 0.410 e. The molecular formula is C32H46N6O2. The molecular weight excluding hydrogens is 500 g/mol. The molecule has 0 radical (unpaired) electrons. The minimum Gasteiger partial charge on any atom is -0.444 e. The first-order chi connectivity index (χ1) is 19.3. The van der Waals surface area contributed by atoms with Gasteiger partial charge in [-0.2, -0.15) is 4.98 Å². The van der Waals surface area contributed by atoms with Gasteiger partial charge in [-0.3, -0.25) is 4.90 Å². The SMILES string of the molecule is CCCCNc1ncc2c(-c3ccc(CN4CCN(C(=O)OC(C)(C)C)CC4)cc3)cn(C3CCCCC3)c2n1. The van der Waals surface area contributed by atoms with Gasteiger partial charge in [0.2, 0.25) is 5.95 Å². The van der Waals surface area contributed by atoms with Crippen molar-refractivity contribution in [3.63, 3.8) is 0 Å². The van der Waals surface area contributed by atoms with Crippen LogP contribution in [0.15, 0.2) is 36.7 Å². The number of anilines is 1. The van der Waals surface area contributed by atoms with E-state index in [1.807, 2.05) is 31.9 Å². The number of hydrogen-bond donors (Lipinski definition) is 1. The Morgan fingerprint density at radius 1 is 1.05 bits per heavy atom. The highest BCUT2D eigenvalue weighted by Gasteiger charge is 2.26. The average Bonchev–Trinajstić information content (AvgIpc) is 3.32. The lowest BCUT2D eigenvalue weighted by molar-refractivity contribution is 0.0139. The van der Waals surface area contributed by atoms with Gasteiger partial charge in [-0.05, 0) is 51.2 Å². The number of rotatable bonds is 8. The number of nitrogens with one attached hydrogen (secondary N) is 1. The molecule has 2 aromatic heterocycles. The van der Waals surface area contributed by atoms with Crippen molar-refractivity contribution in [2.45, 2.75) is 90.8 Å². The summed E-state index contributed by atoms with van der Waals surface area (Å²) in [6, 6.07) is 9.45. The molecule has 8 nitrogen and oxygen atoms in total. The van der Waals surface area contributed by atoms with Gasteiger partial charge in [0.25, 0.3) is 0 Å². The number of aromatic nitrogens is 3. The Hall–Kier alpha value is -3.13. The van der Waals surface area contributed by atoms with Crippen LogP contribution in [0.3, 0.4) is 0 Å². The van der Waals surface area contributed by atoms with Gasteiger partial charge in [-0.25, -0.2) is 9.78 Å². The fraction of sp³-hybridized carbons (Fsp3) is 0.594. The maximum atomic E-state index is 12.4. The van der Waals surface area contributed by atoms with Crippen LogP contribution < -0.4 is 5.32 Å². The topological polar surface area (TPSA) is 75.5 Å². The summed E-state index contributed by atoms with van der Waals surface area (Å²) in [4.78, 5) is 26.3. The molecule has 1 saturated heterocycles. The van der Waals surface area contributed by atoms with E-state index in [1.54, 1.807) is 0 Å². The van der Waals surface area contributed by atoms with E-state index < -0.39 is 5.60 Å². The third kappa shape index (κ3) is 6.95. The van der Waals surface area contributed by atoms with Crippen LogP contribution in [0, 0.1) is 0 Å². The summed E-state index contributed by atoms with van der Waals surface area (Å²) in [6.45, 7) is 12.8. The first kappa shape index (κ1) is 28.4. The number of ether oxygens (including phenoxy) is 1. The number of fused-ring (bicyclic) bond motifs is 1. The summed E-state index contributed by atoms with van der Waals surface area (Å²) in [6.07, 6.45) is 12.7. The zero-order valence-corrected chi connectivity index (χ0v) is 24.8. The van der Waals surface area contributed by atoms with Crippen LogP contribution >= 0.6 is 0 Å². The highest BCUT2D eigenvalue weighted by atomic mass is 16.6. The molecule has 1 aliphatic carbocycles.